The van der Waals surface area contributed by atoms with Gasteiger partial charge in [-0.15, -0.1) is 0 Å². The quantitative estimate of drug-likeness (QED) is 0.656. The predicted molar refractivity (Wildman–Crippen MR) is 90.8 cm³/mol. The van der Waals surface area contributed by atoms with Gasteiger partial charge < -0.3 is 14.6 Å². The fourth-order valence-corrected chi connectivity index (χ4v) is 2.25. The molecule has 23 heavy (non-hydrogen) atoms. The molecule has 0 spiro atoms. The molecule has 0 saturated heterocycles. The first-order valence-corrected chi connectivity index (χ1v) is 7.27. The molecule has 5 heteroatoms. The number of hydrogen-bond acceptors (Lipinski definition) is 4. The average Bonchev–Trinajstić information content (AvgIpc) is 2.55. The van der Waals surface area contributed by atoms with Crippen LogP contribution in [0.15, 0.2) is 36.4 Å². The van der Waals surface area contributed by atoms with Gasteiger partial charge in [-0.25, -0.2) is 0 Å². The van der Waals surface area contributed by atoms with Crippen LogP contribution in [0.1, 0.15) is 21.5 Å². The summed E-state index contributed by atoms with van der Waals surface area (Å²) in [6.45, 7) is 1.76. The Labute approximate surface area is 139 Å². The Bertz CT molecular complexity index is 766. The Morgan fingerprint density at radius 3 is 2.57 bits per heavy atom. The highest BCUT2D eigenvalue weighted by Crippen LogP contribution is 2.28. The molecule has 0 heterocycles. The first-order chi connectivity index (χ1) is 11.0. The summed E-state index contributed by atoms with van der Waals surface area (Å²) in [5.74, 6) is 0.813. The van der Waals surface area contributed by atoms with Crippen LogP contribution in [0.2, 0.25) is 5.02 Å². The molecular formula is C18H17ClO4. The van der Waals surface area contributed by atoms with E-state index in [-0.39, 0.29) is 17.1 Å². The summed E-state index contributed by atoms with van der Waals surface area (Å²) >= 11 is 6.01. The van der Waals surface area contributed by atoms with Crippen LogP contribution in [0.5, 0.6) is 17.2 Å². The largest absolute Gasteiger partial charge is 0.507 e. The Hall–Kier alpha value is -2.46. The number of benzene rings is 2. The maximum Gasteiger partial charge on any atom is 0.189 e. The van der Waals surface area contributed by atoms with Gasteiger partial charge in [0.25, 0.3) is 0 Å². The van der Waals surface area contributed by atoms with Crippen LogP contribution < -0.4 is 9.47 Å². The van der Waals surface area contributed by atoms with Crippen molar-refractivity contribution in [2.75, 3.05) is 14.2 Å². The zero-order valence-corrected chi connectivity index (χ0v) is 13.8. The molecule has 2 rings (SSSR count). The zero-order valence-electron chi connectivity index (χ0n) is 13.1. The standard InChI is InChI=1S/C18H17ClO4/c1-11-8-17(21)14(10-15(11)19)16(20)6-4-12-9-13(22-2)5-7-18(12)23-3/h4-10,21H,1-3H3/b6-4+. The summed E-state index contributed by atoms with van der Waals surface area (Å²) in [5, 5.41) is 10.3. The predicted octanol–water partition coefficient (Wildman–Crippen LogP) is 4.27. The highest BCUT2D eigenvalue weighted by Gasteiger charge is 2.11. The van der Waals surface area contributed by atoms with Crippen molar-refractivity contribution in [2.24, 2.45) is 0 Å². The molecule has 0 atom stereocenters. The molecule has 0 bridgehead atoms. The van der Waals surface area contributed by atoms with E-state index in [2.05, 4.69) is 0 Å². The van der Waals surface area contributed by atoms with Gasteiger partial charge in [0, 0.05) is 10.6 Å². The van der Waals surface area contributed by atoms with Gasteiger partial charge in [-0.05, 0) is 55.0 Å². The van der Waals surface area contributed by atoms with Crippen LogP contribution in [0.3, 0.4) is 0 Å². The van der Waals surface area contributed by atoms with Gasteiger partial charge >= 0.3 is 0 Å². The van der Waals surface area contributed by atoms with E-state index in [0.717, 1.165) is 0 Å². The van der Waals surface area contributed by atoms with Gasteiger partial charge in [0.2, 0.25) is 0 Å². The number of halogens is 1. The topological polar surface area (TPSA) is 55.8 Å². The number of methoxy groups -OCH3 is 2. The van der Waals surface area contributed by atoms with E-state index in [9.17, 15) is 9.90 Å². The molecule has 0 unspecified atom stereocenters. The van der Waals surface area contributed by atoms with E-state index in [1.807, 2.05) is 0 Å². The molecule has 0 amide bonds. The van der Waals surface area contributed by atoms with Crippen molar-refractivity contribution in [3.05, 3.63) is 58.1 Å². The minimum Gasteiger partial charge on any atom is -0.507 e. The smallest absolute Gasteiger partial charge is 0.189 e. The lowest BCUT2D eigenvalue weighted by Gasteiger charge is -2.07. The van der Waals surface area contributed by atoms with E-state index >= 15 is 0 Å². The van der Waals surface area contributed by atoms with Gasteiger partial charge in [0.15, 0.2) is 5.78 Å². The highest BCUT2D eigenvalue weighted by atomic mass is 35.5. The lowest BCUT2D eigenvalue weighted by atomic mass is 10.1. The van der Waals surface area contributed by atoms with Crippen molar-refractivity contribution in [1.29, 1.82) is 0 Å². The average molecular weight is 333 g/mol. The molecule has 0 radical (unpaired) electrons. The van der Waals surface area contributed by atoms with Crippen LogP contribution in [0, 0.1) is 6.92 Å². The zero-order chi connectivity index (χ0) is 17.0. The minimum atomic E-state index is -0.353. The molecule has 0 aliphatic rings. The van der Waals surface area contributed by atoms with E-state index in [1.165, 1.54) is 18.2 Å². The molecule has 120 valence electrons. The maximum absolute atomic E-state index is 12.3. The monoisotopic (exact) mass is 332 g/mol. The molecule has 1 N–H and O–H groups in total. The molecule has 0 aliphatic carbocycles. The van der Waals surface area contributed by atoms with Crippen molar-refractivity contribution >= 4 is 23.5 Å². The third-order valence-electron chi connectivity index (χ3n) is 3.39. The number of carbonyl (C=O) groups is 1. The molecule has 0 aliphatic heterocycles. The number of phenols is 1. The Balaban J connectivity index is 2.33. The Morgan fingerprint density at radius 1 is 1.17 bits per heavy atom. The molecule has 0 saturated carbocycles. The summed E-state index contributed by atoms with van der Waals surface area (Å²) in [7, 11) is 3.11. The van der Waals surface area contributed by atoms with Gasteiger partial charge in [-0.2, -0.15) is 0 Å². The van der Waals surface area contributed by atoms with E-state index in [4.69, 9.17) is 21.1 Å². The van der Waals surface area contributed by atoms with Crippen molar-refractivity contribution in [3.8, 4) is 17.2 Å². The number of ketones is 1. The first kappa shape index (κ1) is 16.9. The number of aryl methyl sites for hydroxylation is 1. The molecule has 4 nitrogen and oxygen atoms in total. The van der Waals surface area contributed by atoms with Gasteiger partial charge in [0.05, 0.1) is 19.8 Å². The molecule has 2 aromatic rings. The van der Waals surface area contributed by atoms with Crippen molar-refractivity contribution in [1.82, 2.24) is 0 Å². The van der Waals surface area contributed by atoms with E-state index in [1.54, 1.807) is 45.4 Å². The second-order valence-corrected chi connectivity index (χ2v) is 5.33. The van der Waals surface area contributed by atoms with Gasteiger partial charge in [0.1, 0.15) is 17.2 Å². The molecular weight excluding hydrogens is 316 g/mol. The van der Waals surface area contributed by atoms with E-state index < -0.39 is 0 Å². The lowest BCUT2D eigenvalue weighted by molar-refractivity contribution is 0.104. The van der Waals surface area contributed by atoms with Gasteiger partial charge in [-0.3, -0.25) is 4.79 Å². The fraction of sp³-hybridized carbons (Fsp3) is 0.167. The molecule has 0 aromatic heterocycles. The number of rotatable bonds is 5. The van der Waals surface area contributed by atoms with Crippen LogP contribution in [0.4, 0.5) is 0 Å². The summed E-state index contributed by atoms with van der Waals surface area (Å²) in [6, 6.07) is 8.20. The number of hydrogen-bond donors (Lipinski definition) is 1. The van der Waals surface area contributed by atoms with Crippen molar-refractivity contribution in [2.45, 2.75) is 6.92 Å². The van der Waals surface area contributed by atoms with Crippen LogP contribution in [-0.4, -0.2) is 25.1 Å². The Kier molecular flexibility index (Phi) is 5.29. The molecule has 2 aromatic carbocycles. The summed E-state index contributed by atoms with van der Waals surface area (Å²) in [4.78, 5) is 12.3. The second-order valence-electron chi connectivity index (χ2n) is 4.92. The highest BCUT2D eigenvalue weighted by molar-refractivity contribution is 6.32. The third kappa shape index (κ3) is 3.85. The second kappa shape index (κ2) is 7.20. The summed E-state index contributed by atoms with van der Waals surface area (Å²) in [6.07, 6.45) is 2.97. The number of carbonyl (C=O) groups excluding carboxylic acids is 1. The SMILES string of the molecule is COc1ccc(OC)c(/C=C/C(=O)c2cc(Cl)c(C)cc2O)c1. The lowest BCUT2D eigenvalue weighted by Crippen LogP contribution is -1.96. The fourth-order valence-electron chi connectivity index (χ4n) is 2.09. The normalized spacial score (nSPS) is 10.8. The number of ether oxygens (including phenoxy) is 2. The van der Waals surface area contributed by atoms with Crippen molar-refractivity contribution < 1.29 is 19.4 Å². The number of allylic oxidation sites excluding steroid dienone is 1. The summed E-state index contributed by atoms with van der Waals surface area (Å²) < 4.78 is 10.4. The van der Waals surface area contributed by atoms with Crippen LogP contribution in [0.25, 0.3) is 6.08 Å². The minimum absolute atomic E-state index is 0.0980. The molecule has 0 fully saturated rings. The maximum atomic E-state index is 12.3. The number of aromatic hydroxyl groups is 1. The number of phenolic OH excluding ortho intramolecular Hbond substituents is 1. The van der Waals surface area contributed by atoms with Gasteiger partial charge in [-0.1, -0.05) is 11.6 Å². The van der Waals surface area contributed by atoms with E-state index in [0.29, 0.717) is 27.6 Å². The van der Waals surface area contributed by atoms with Crippen molar-refractivity contribution in [3.63, 3.8) is 0 Å². The summed E-state index contributed by atoms with van der Waals surface area (Å²) in [5.41, 5.74) is 1.55. The van der Waals surface area contributed by atoms with Crippen LogP contribution >= 0.6 is 11.6 Å². The van der Waals surface area contributed by atoms with Crippen LogP contribution in [-0.2, 0) is 0 Å². The third-order valence-corrected chi connectivity index (χ3v) is 3.80. The Morgan fingerprint density at radius 2 is 1.91 bits per heavy atom. The first-order valence-electron chi connectivity index (χ1n) is 6.89.